The molecule has 0 aliphatic carbocycles. The Balaban J connectivity index is 2.04. The number of hydrogen-bond donors (Lipinski definition) is 0. The van der Waals surface area contributed by atoms with Gasteiger partial charge in [0.05, 0.1) is 11.7 Å². The van der Waals surface area contributed by atoms with Crippen LogP contribution < -0.4 is 0 Å². The Morgan fingerprint density at radius 1 is 1.14 bits per heavy atom. The highest BCUT2D eigenvalue weighted by molar-refractivity contribution is 6.04. The summed E-state index contributed by atoms with van der Waals surface area (Å²) in [6.07, 6.45) is 1.78. The predicted molar refractivity (Wildman–Crippen MR) is 87.9 cm³/mol. The topological polar surface area (TPSA) is 34.5 Å². The minimum atomic E-state index is -0.237. The van der Waals surface area contributed by atoms with E-state index in [1.165, 1.54) is 11.1 Å². The van der Waals surface area contributed by atoms with Gasteiger partial charge in [-0.15, -0.1) is 0 Å². The molecule has 4 nitrogen and oxygen atoms in total. The van der Waals surface area contributed by atoms with Crippen molar-refractivity contribution in [3.8, 4) is 0 Å². The third-order valence-electron chi connectivity index (χ3n) is 4.35. The van der Waals surface area contributed by atoms with Crippen molar-refractivity contribution in [2.24, 2.45) is 7.05 Å². The fourth-order valence-electron chi connectivity index (χ4n) is 3.11. The van der Waals surface area contributed by atoms with Crippen molar-refractivity contribution in [1.29, 1.82) is 0 Å². The van der Waals surface area contributed by atoms with Crippen LogP contribution in [0.3, 0.4) is 0 Å². The van der Waals surface area contributed by atoms with E-state index in [4.69, 9.17) is 4.74 Å². The lowest BCUT2D eigenvalue weighted by molar-refractivity contribution is 0.0380. The molecule has 0 atom stereocenters. The molecule has 0 spiro atoms. The number of nitrogens with zero attached hydrogens (tertiary/aromatic N) is 2. The van der Waals surface area contributed by atoms with Crippen LogP contribution in [0.15, 0.2) is 18.3 Å². The van der Waals surface area contributed by atoms with Gasteiger partial charge in [0.25, 0.3) is 0 Å². The number of rotatable bonds is 3. The van der Waals surface area contributed by atoms with Gasteiger partial charge in [0.2, 0.25) is 0 Å². The Morgan fingerprint density at radius 3 is 2.36 bits per heavy atom. The summed E-state index contributed by atoms with van der Waals surface area (Å²) in [6, 6.07) is 4.92. The summed E-state index contributed by atoms with van der Waals surface area (Å²) < 4.78 is 7.39. The van der Waals surface area contributed by atoms with E-state index in [1.54, 1.807) is 0 Å². The highest BCUT2D eigenvalue weighted by Gasteiger charge is 2.24. The molecule has 0 radical (unpaired) electrons. The van der Waals surface area contributed by atoms with Crippen LogP contribution in [0.5, 0.6) is 0 Å². The zero-order valence-corrected chi connectivity index (χ0v) is 14.0. The molecule has 0 saturated heterocycles. The molecule has 1 aliphatic heterocycles. The lowest BCUT2D eigenvalue weighted by atomic mass is 10.1. The van der Waals surface area contributed by atoms with Crippen LogP contribution in [0.4, 0.5) is 0 Å². The smallest absolute Gasteiger partial charge is 0.340 e. The van der Waals surface area contributed by atoms with Crippen molar-refractivity contribution in [3.63, 3.8) is 0 Å². The third-order valence-corrected chi connectivity index (χ3v) is 4.35. The summed E-state index contributed by atoms with van der Waals surface area (Å²) >= 11 is 0. The number of ether oxygens (including phenoxy) is 1. The molecular formula is C18H24N2O2. The third kappa shape index (κ3) is 2.52. The molecule has 0 fully saturated rings. The average Bonchev–Trinajstić information content (AvgIpc) is 2.97. The first-order valence-corrected chi connectivity index (χ1v) is 7.92. The number of carbonyl (C=O) groups is 1. The van der Waals surface area contributed by atoms with Crippen molar-refractivity contribution in [3.05, 3.63) is 35.0 Å². The second-order valence-corrected chi connectivity index (χ2v) is 6.74. The SMILES string of the molecule is CC(C)OC(=O)c1cn(C)c2cc3c(cc12)CN(C(C)C)C3. The van der Waals surface area contributed by atoms with Crippen LogP contribution in [0.2, 0.25) is 0 Å². The molecule has 0 saturated carbocycles. The molecule has 0 bridgehead atoms. The Bertz CT molecular complexity index is 728. The largest absolute Gasteiger partial charge is 0.459 e. The molecule has 0 N–H and O–H groups in total. The van der Waals surface area contributed by atoms with E-state index in [2.05, 4.69) is 30.9 Å². The van der Waals surface area contributed by atoms with Crippen LogP contribution >= 0.6 is 0 Å². The molecule has 0 amide bonds. The van der Waals surface area contributed by atoms with Gasteiger partial charge in [-0.25, -0.2) is 4.79 Å². The van der Waals surface area contributed by atoms with Gasteiger partial charge in [-0.3, -0.25) is 4.90 Å². The van der Waals surface area contributed by atoms with Gasteiger partial charge in [0.1, 0.15) is 0 Å². The maximum Gasteiger partial charge on any atom is 0.340 e. The highest BCUT2D eigenvalue weighted by atomic mass is 16.5. The van der Waals surface area contributed by atoms with E-state index in [1.807, 2.05) is 31.7 Å². The van der Waals surface area contributed by atoms with E-state index < -0.39 is 0 Å². The van der Waals surface area contributed by atoms with Gasteiger partial charge < -0.3 is 9.30 Å². The predicted octanol–water partition coefficient (Wildman–Crippen LogP) is 3.47. The Kier molecular flexibility index (Phi) is 3.73. The molecule has 22 heavy (non-hydrogen) atoms. The van der Waals surface area contributed by atoms with Crippen molar-refractivity contribution >= 4 is 16.9 Å². The number of aromatic nitrogens is 1. The molecule has 4 heteroatoms. The zero-order chi connectivity index (χ0) is 16.0. The fraction of sp³-hybridized carbons (Fsp3) is 0.500. The van der Waals surface area contributed by atoms with Gasteiger partial charge in [0.15, 0.2) is 0 Å². The van der Waals surface area contributed by atoms with Gasteiger partial charge >= 0.3 is 5.97 Å². The fourth-order valence-corrected chi connectivity index (χ4v) is 3.11. The van der Waals surface area contributed by atoms with Gasteiger partial charge in [-0.2, -0.15) is 0 Å². The van der Waals surface area contributed by atoms with Crippen LogP contribution in [0.25, 0.3) is 10.9 Å². The summed E-state index contributed by atoms with van der Waals surface area (Å²) in [7, 11) is 1.98. The number of benzene rings is 1. The number of fused-ring (bicyclic) bond motifs is 2. The quantitative estimate of drug-likeness (QED) is 0.814. The Labute approximate surface area is 131 Å². The summed E-state index contributed by atoms with van der Waals surface area (Å²) in [4.78, 5) is 14.7. The number of esters is 1. The van der Waals surface area contributed by atoms with Gasteiger partial charge in [-0.05, 0) is 51.0 Å². The molecule has 1 aromatic carbocycles. The van der Waals surface area contributed by atoms with E-state index in [-0.39, 0.29) is 12.1 Å². The summed E-state index contributed by atoms with van der Waals surface area (Å²) in [5, 5.41) is 0.998. The normalized spacial score (nSPS) is 15.0. The summed E-state index contributed by atoms with van der Waals surface area (Å²) in [6.45, 7) is 10.1. The number of carbonyl (C=O) groups excluding carboxylic acids is 1. The molecule has 118 valence electrons. The molecule has 2 heterocycles. The van der Waals surface area contributed by atoms with Gasteiger partial charge in [-0.1, -0.05) is 0 Å². The molecular weight excluding hydrogens is 276 g/mol. The lowest BCUT2D eigenvalue weighted by Gasteiger charge is -2.18. The molecule has 2 aromatic rings. The molecule has 1 aromatic heterocycles. The summed E-state index contributed by atoms with van der Waals surface area (Å²) in [5.41, 5.74) is 4.45. The average molecular weight is 300 g/mol. The minimum Gasteiger partial charge on any atom is -0.459 e. The molecule has 3 rings (SSSR count). The van der Waals surface area contributed by atoms with Crippen LogP contribution in [0.1, 0.15) is 49.2 Å². The second kappa shape index (κ2) is 5.43. The highest BCUT2D eigenvalue weighted by Crippen LogP contribution is 2.31. The number of aryl methyl sites for hydroxylation is 1. The Hall–Kier alpha value is -1.81. The molecule has 0 unspecified atom stereocenters. The van der Waals surface area contributed by atoms with E-state index in [0.29, 0.717) is 11.6 Å². The van der Waals surface area contributed by atoms with Crippen LogP contribution in [0, 0.1) is 0 Å². The van der Waals surface area contributed by atoms with Crippen LogP contribution in [-0.4, -0.2) is 27.6 Å². The minimum absolute atomic E-state index is 0.103. The van der Waals surface area contributed by atoms with E-state index in [0.717, 1.165) is 24.0 Å². The maximum atomic E-state index is 12.3. The molecule has 1 aliphatic rings. The first-order valence-electron chi connectivity index (χ1n) is 7.92. The van der Waals surface area contributed by atoms with E-state index in [9.17, 15) is 4.79 Å². The maximum absolute atomic E-state index is 12.3. The second-order valence-electron chi connectivity index (χ2n) is 6.74. The van der Waals surface area contributed by atoms with E-state index >= 15 is 0 Å². The zero-order valence-electron chi connectivity index (χ0n) is 14.0. The standard InChI is InChI=1S/C18H24N2O2/c1-11(2)20-8-13-6-15-16(18(21)22-12(3)4)10-19(5)17(15)7-14(13)9-20/h6-7,10-12H,8-9H2,1-5H3. The lowest BCUT2D eigenvalue weighted by Crippen LogP contribution is -2.24. The Morgan fingerprint density at radius 2 is 1.77 bits per heavy atom. The van der Waals surface area contributed by atoms with Crippen molar-refractivity contribution in [2.45, 2.75) is 52.9 Å². The monoisotopic (exact) mass is 300 g/mol. The van der Waals surface area contributed by atoms with Crippen molar-refractivity contribution in [2.75, 3.05) is 0 Å². The van der Waals surface area contributed by atoms with Crippen molar-refractivity contribution < 1.29 is 9.53 Å². The van der Waals surface area contributed by atoms with Crippen molar-refractivity contribution in [1.82, 2.24) is 9.47 Å². The summed E-state index contributed by atoms with van der Waals surface area (Å²) in [5.74, 6) is -0.237. The first-order chi connectivity index (χ1) is 10.4. The van der Waals surface area contributed by atoms with Gasteiger partial charge in [0, 0.05) is 43.3 Å². The first kappa shape index (κ1) is 15.1. The van der Waals surface area contributed by atoms with Crippen LogP contribution in [-0.2, 0) is 24.9 Å². The number of hydrogen-bond acceptors (Lipinski definition) is 3.